The van der Waals surface area contributed by atoms with E-state index in [1.807, 2.05) is 0 Å². The largest absolute Gasteiger partial charge is 0.392 e. The Kier molecular flexibility index (Phi) is 2.11. The van der Waals surface area contributed by atoms with Crippen molar-refractivity contribution in [2.75, 3.05) is 0 Å². The van der Waals surface area contributed by atoms with Gasteiger partial charge in [0.1, 0.15) is 12.3 Å². The van der Waals surface area contributed by atoms with Crippen LogP contribution in [0.1, 0.15) is 38.5 Å². The maximum Gasteiger partial charge on any atom is 0.127 e. The van der Waals surface area contributed by atoms with Gasteiger partial charge in [0.2, 0.25) is 0 Å². The predicted molar refractivity (Wildman–Crippen MR) is 43.5 cm³/mol. The normalized spacial score (nSPS) is 26.5. The summed E-state index contributed by atoms with van der Waals surface area (Å²) in [6, 6.07) is 0. The molecule has 2 aliphatic rings. The highest BCUT2D eigenvalue weighted by Gasteiger charge is 2.20. The Morgan fingerprint density at radius 1 is 1.09 bits per heavy atom. The molecule has 2 heteroatoms. The van der Waals surface area contributed by atoms with E-state index in [-0.39, 0.29) is 0 Å². The Balaban J connectivity index is 1.64. The zero-order valence-electron chi connectivity index (χ0n) is 6.75. The molecule has 1 radical (unpaired) electrons. The first-order valence-electron chi connectivity index (χ1n) is 4.56. The van der Waals surface area contributed by atoms with Gasteiger partial charge in [-0.05, 0) is 38.5 Å². The molecule has 2 aliphatic carbocycles. The van der Waals surface area contributed by atoms with Crippen LogP contribution in [-0.2, 0) is 4.84 Å². The van der Waals surface area contributed by atoms with Crippen molar-refractivity contribution in [2.24, 2.45) is 11.1 Å². The Hall–Kier alpha value is -0.530. The summed E-state index contributed by atoms with van der Waals surface area (Å²) in [7, 11) is 0. The van der Waals surface area contributed by atoms with Crippen LogP contribution in [0.15, 0.2) is 5.16 Å². The minimum Gasteiger partial charge on any atom is -0.392 e. The molecule has 0 aromatic heterocycles. The standard InChI is InChI=1S/C9H14NO/c1-2-4-9(3-1)11-10-7-8-5-6-8/h8-9H,1-6H2. The summed E-state index contributed by atoms with van der Waals surface area (Å²) < 4.78 is 0. The number of rotatable bonds is 3. The van der Waals surface area contributed by atoms with Gasteiger partial charge in [-0.2, -0.15) is 0 Å². The minimum absolute atomic E-state index is 0.404. The molecule has 0 unspecified atom stereocenters. The van der Waals surface area contributed by atoms with Crippen molar-refractivity contribution in [1.82, 2.24) is 0 Å². The molecule has 0 aliphatic heterocycles. The van der Waals surface area contributed by atoms with Crippen molar-refractivity contribution in [3.63, 3.8) is 0 Å². The van der Waals surface area contributed by atoms with Gasteiger partial charge in [-0.3, -0.25) is 0 Å². The molecule has 0 amide bonds. The molecule has 2 fully saturated rings. The van der Waals surface area contributed by atoms with Gasteiger partial charge in [0, 0.05) is 5.92 Å². The molecule has 0 aromatic rings. The highest BCUT2D eigenvalue weighted by Crippen LogP contribution is 2.27. The van der Waals surface area contributed by atoms with Gasteiger partial charge in [-0.15, -0.1) is 0 Å². The van der Waals surface area contributed by atoms with Crippen molar-refractivity contribution >= 4 is 6.21 Å². The maximum absolute atomic E-state index is 5.27. The van der Waals surface area contributed by atoms with Crippen molar-refractivity contribution in [1.29, 1.82) is 0 Å². The number of hydrogen-bond donors (Lipinski definition) is 0. The Morgan fingerprint density at radius 3 is 2.45 bits per heavy atom. The van der Waals surface area contributed by atoms with Crippen LogP contribution in [0.4, 0.5) is 0 Å². The third kappa shape index (κ3) is 2.21. The maximum atomic E-state index is 5.27. The van der Waals surface area contributed by atoms with Crippen molar-refractivity contribution in [3.05, 3.63) is 0 Å². The fourth-order valence-electron chi connectivity index (χ4n) is 1.39. The molecule has 0 atom stereocenters. The lowest BCUT2D eigenvalue weighted by Gasteiger charge is -2.04. The molecule has 0 heterocycles. The van der Waals surface area contributed by atoms with E-state index in [2.05, 4.69) is 11.4 Å². The lowest BCUT2D eigenvalue weighted by molar-refractivity contribution is 0.0651. The monoisotopic (exact) mass is 152 g/mol. The first-order valence-corrected chi connectivity index (χ1v) is 4.56. The summed E-state index contributed by atoms with van der Waals surface area (Å²) in [5.74, 6) is 0.622. The van der Waals surface area contributed by atoms with Gasteiger partial charge in [0.15, 0.2) is 0 Å². The van der Waals surface area contributed by atoms with Crippen molar-refractivity contribution in [2.45, 2.75) is 44.6 Å². The van der Waals surface area contributed by atoms with Gasteiger partial charge < -0.3 is 4.84 Å². The van der Waals surface area contributed by atoms with Crippen LogP contribution in [0.5, 0.6) is 0 Å². The van der Waals surface area contributed by atoms with Crippen LogP contribution in [0, 0.1) is 5.92 Å². The van der Waals surface area contributed by atoms with E-state index >= 15 is 0 Å². The fraction of sp³-hybridized carbons (Fsp3) is 0.889. The lowest BCUT2D eigenvalue weighted by Crippen LogP contribution is -2.02. The molecule has 61 valence electrons. The number of nitrogens with zero attached hydrogens (tertiary/aromatic N) is 1. The van der Waals surface area contributed by atoms with Gasteiger partial charge >= 0.3 is 0 Å². The van der Waals surface area contributed by atoms with E-state index in [4.69, 9.17) is 4.84 Å². The summed E-state index contributed by atoms with van der Waals surface area (Å²) in [6.45, 7) is 0. The molecule has 0 bridgehead atoms. The summed E-state index contributed by atoms with van der Waals surface area (Å²) in [5.41, 5.74) is 0. The molecule has 0 saturated heterocycles. The molecular formula is C9H14NO. The average Bonchev–Trinajstić information content (AvgIpc) is 2.66. The van der Waals surface area contributed by atoms with Crippen LogP contribution in [0.2, 0.25) is 0 Å². The van der Waals surface area contributed by atoms with Gasteiger partial charge in [-0.1, -0.05) is 5.16 Å². The van der Waals surface area contributed by atoms with Crippen molar-refractivity contribution < 1.29 is 4.84 Å². The topological polar surface area (TPSA) is 21.6 Å². The summed E-state index contributed by atoms with van der Waals surface area (Å²) in [4.78, 5) is 5.27. The van der Waals surface area contributed by atoms with E-state index in [1.54, 1.807) is 0 Å². The van der Waals surface area contributed by atoms with Gasteiger partial charge in [0.05, 0.1) is 0 Å². The van der Waals surface area contributed by atoms with Gasteiger partial charge in [0.25, 0.3) is 0 Å². The Morgan fingerprint density at radius 2 is 1.82 bits per heavy atom. The number of hydrogen-bond acceptors (Lipinski definition) is 2. The van der Waals surface area contributed by atoms with Gasteiger partial charge in [-0.25, -0.2) is 0 Å². The van der Waals surface area contributed by atoms with E-state index in [9.17, 15) is 0 Å². The molecule has 0 aromatic carbocycles. The van der Waals surface area contributed by atoms with Crippen molar-refractivity contribution in [3.8, 4) is 0 Å². The molecular weight excluding hydrogens is 138 g/mol. The summed E-state index contributed by atoms with van der Waals surface area (Å²) >= 11 is 0. The smallest absolute Gasteiger partial charge is 0.127 e. The minimum atomic E-state index is 0.404. The highest BCUT2D eigenvalue weighted by molar-refractivity contribution is 5.62. The second-order valence-electron chi connectivity index (χ2n) is 3.51. The van der Waals surface area contributed by atoms with E-state index in [0.29, 0.717) is 12.0 Å². The van der Waals surface area contributed by atoms with E-state index in [0.717, 1.165) is 0 Å². The lowest BCUT2D eigenvalue weighted by atomic mass is 10.3. The van der Waals surface area contributed by atoms with Crippen LogP contribution < -0.4 is 0 Å². The first kappa shape index (κ1) is 7.14. The second kappa shape index (κ2) is 3.24. The molecule has 2 saturated carbocycles. The molecule has 11 heavy (non-hydrogen) atoms. The van der Waals surface area contributed by atoms with E-state index in [1.165, 1.54) is 38.5 Å². The Labute approximate surface area is 67.6 Å². The first-order chi connectivity index (χ1) is 5.45. The zero-order chi connectivity index (χ0) is 7.52. The predicted octanol–water partition coefficient (Wildman–Crippen LogP) is 2.22. The molecule has 2 rings (SSSR count). The third-order valence-corrected chi connectivity index (χ3v) is 2.32. The average molecular weight is 152 g/mol. The van der Waals surface area contributed by atoms with Crippen LogP contribution in [0.25, 0.3) is 0 Å². The molecule has 0 spiro atoms. The Bertz CT molecular complexity index is 146. The quantitative estimate of drug-likeness (QED) is 0.449. The summed E-state index contributed by atoms with van der Waals surface area (Å²) in [5, 5.41) is 3.87. The zero-order valence-corrected chi connectivity index (χ0v) is 6.75. The van der Waals surface area contributed by atoms with Crippen LogP contribution >= 0.6 is 0 Å². The molecule has 2 nitrogen and oxygen atoms in total. The summed E-state index contributed by atoms with van der Waals surface area (Å²) in [6.07, 6.45) is 10.9. The third-order valence-electron chi connectivity index (χ3n) is 2.32. The van der Waals surface area contributed by atoms with E-state index < -0.39 is 0 Å². The molecule has 0 N–H and O–H groups in total. The fourth-order valence-corrected chi connectivity index (χ4v) is 1.39. The van der Waals surface area contributed by atoms with Crippen LogP contribution in [0.3, 0.4) is 0 Å². The highest BCUT2D eigenvalue weighted by atomic mass is 16.6. The second-order valence-corrected chi connectivity index (χ2v) is 3.51. The SMILES string of the molecule is [C](=N\OC1CCCC1)/C1CC1. The van der Waals surface area contributed by atoms with Crippen LogP contribution in [-0.4, -0.2) is 12.3 Å².